The quantitative estimate of drug-likeness (QED) is 0.897. The van der Waals surface area contributed by atoms with Crippen molar-refractivity contribution < 1.29 is 19.4 Å². The second-order valence-electron chi connectivity index (χ2n) is 6.68. The van der Waals surface area contributed by atoms with Gasteiger partial charge in [0, 0.05) is 12.3 Å². The number of anilines is 1. The highest BCUT2D eigenvalue weighted by atomic mass is 16.5. The topological polar surface area (TPSA) is 75.6 Å². The minimum Gasteiger partial charge on any atom is -0.481 e. The van der Waals surface area contributed by atoms with Crippen LogP contribution in [-0.4, -0.2) is 30.2 Å². The molecule has 1 aliphatic heterocycles. The predicted octanol–water partition coefficient (Wildman–Crippen LogP) is 2.80. The van der Waals surface area contributed by atoms with Gasteiger partial charge in [0.2, 0.25) is 5.91 Å². The third-order valence-electron chi connectivity index (χ3n) is 4.39. The molecule has 5 heteroatoms. The summed E-state index contributed by atoms with van der Waals surface area (Å²) in [5.74, 6) is -0.936. The van der Waals surface area contributed by atoms with E-state index in [9.17, 15) is 14.7 Å². The standard InChI is InChI=1S/C17H23NO4/c1-16(2,15(20)21)12-5-7-13(8-6-12)18-14(19)17(3)9-4-10-22-11-17/h5-8H,4,9-11H2,1-3H3,(H,18,19)(H,20,21). The van der Waals surface area contributed by atoms with Crippen LogP contribution in [-0.2, 0) is 19.7 Å². The summed E-state index contributed by atoms with van der Waals surface area (Å²) in [6, 6.07) is 6.96. The first kappa shape index (κ1) is 16.5. The number of carboxylic acids is 1. The number of ether oxygens (including phenoxy) is 1. The third-order valence-corrected chi connectivity index (χ3v) is 4.39. The molecule has 22 heavy (non-hydrogen) atoms. The zero-order chi connectivity index (χ0) is 16.4. The molecule has 1 heterocycles. The molecule has 0 aliphatic carbocycles. The molecular weight excluding hydrogens is 282 g/mol. The third kappa shape index (κ3) is 3.30. The zero-order valence-corrected chi connectivity index (χ0v) is 13.3. The molecule has 0 radical (unpaired) electrons. The number of carbonyl (C=O) groups excluding carboxylic acids is 1. The fourth-order valence-corrected chi connectivity index (χ4v) is 2.49. The Morgan fingerprint density at radius 1 is 1.27 bits per heavy atom. The van der Waals surface area contributed by atoms with Crippen LogP contribution < -0.4 is 5.32 Å². The van der Waals surface area contributed by atoms with Gasteiger partial charge in [-0.3, -0.25) is 9.59 Å². The van der Waals surface area contributed by atoms with Crippen molar-refractivity contribution >= 4 is 17.6 Å². The van der Waals surface area contributed by atoms with Crippen molar-refractivity contribution in [1.29, 1.82) is 0 Å². The van der Waals surface area contributed by atoms with Crippen LogP contribution in [0, 0.1) is 5.41 Å². The van der Waals surface area contributed by atoms with Gasteiger partial charge in [0.05, 0.1) is 17.4 Å². The van der Waals surface area contributed by atoms with Gasteiger partial charge in [0.15, 0.2) is 0 Å². The highest BCUT2D eigenvalue weighted by Gasteiger charge is 2.35. The summed E-state index contributed by atoms with van der Waals surface area (Å²) >= 11 is 0. The number of nitrogens with one attached hydrogen (secondary N) is 1. The van der Waals surface area contributed by atoms with Crippen LogP contribution in [0.4, 0.5) is 5.69 Å². The molecule has 1 aromatic carbocycles. The Labute approximate surface area is 130 Å². The molecule has 0 saturated carbocycles. The van der Waals surface area contributed by atoms with Gasteiger partial charge in [-0.05, 0) is 51.3 Å². The lowest BCUT2D eigenvalue weighted by Crippen LogP contribution is -2.40. The summed E-state index contributed by atoms with van der Waals surface area (Å²) in [4.78, 5) is 23.6. The molecule has 1 atom stereocenters. The van der Waals surface area contributed by atoms with Crippen LogP contribution in [0.5, 0.6) is 0 Å². The van der Waals surface area contributed by atoms with Gasteiger partial charge in [-0.2, -0.15) is 0 Å². The van der Waals surface area contributed by atoms with Crippen molar-refractivity contribution in [3.63, 3.8) is 0 Å². The van der Waals surface area contributed by atoms with E-state index < -0.39 is 16.8 Å². The molecule has 1 amide bonds. The molecule has 2 N–H and O–H groups in total. The molecule has 1 fully saturated rings. The zero-order valence-electron chi connectivity index (χ0n) is 13.3. The Kier molecular flexibility index (Phi) is 4.56. The van der Waals surface area contributed by atoms with E-state index >= 15 is 0 Å². The lowest BCUT2D eigenvalue weighted by atomic mass is 9.83. The van der Waals surface area contributed by atoms with Gasteiger partial charge < -0.3 is 15.2 Å². The summed E-state index contributed by atoms with van der Waals surface area (Å²) in [7, 11) is 0. The van der Waals surface area contributed by atoms with Gasteiger partial charge in [-0.25, -0.2) is 0 Å². The summed E-state index contributed by atoms with van der Waals surface area (Å²) in [5.41, 5.74) is -0.0878. The molecule has 5 nitrogen and oxygen atoms in total. The largest absolute Gasteiger partial charge is 0.481 e. The van der Waals surface area contributed by atoms with Crippen molar-refractivity contribution in [2.75, 3.05) is 18.5 Å². The van der Waals surface area contributed by atoms with Gasteiger partial charge in [0.25, 0.3) is 0 Å². The van der Waals surface area contributed by atoms with Crippen LogP contribution in [0.2, 0.25) is 0 Å². The Morgan fingerprint density at radius 2 is 1.91 bits per heavy atom. The fourth-order valence-electron chi connectivity index (χ4n) is 2.49. The average molecular weight is 305 g/mol. The number of amides is 1. The van der Waals surface area contributed by atoms with Crippen LogP contribution in [0.3, 0.4) is 0 Å². The van der Waals surface area contributed by atoms with E-state index in [1.54, 1.807) is 38.1 Å². The molecule has 1 aliphatic rings. The summed E-state index contributed by atoms with van der Waals surface area (Å²) in [6.07, 6.45) is 1.69. The Balaban J connectivity index is 2.08. The average Bonchev–Trinajstić information content (AvgIpc) is 2.48. The molecule has 1 aromatic rings. The summed E-state index contributed by atoms with van der Waals surface area (Å²) < 4.78 is 5.41. The van der Waals surface area contributed by atoms with E-state index in [-0.39, 0.29) is 5.91 Å². The predicted molar refractivity (Wildman–Crippen MR) is 83.9 cm³/mol. The van der Waals surface area contributed by atoms with Crippen molar-refractivity contribution in [3.8, 4) is 0 Å². The number of hydrogen-bond acceptors (Lipinski definition) is 3. The van der Waals surface area contributed by atoms with E-state index in [0.29, 0.717) is 24.5 Å². The highest BCUT2D eigenvalue weighted by Crippen LogP contribution is 2.30. The molecular formula is C17H23NO4. The molecule has 120 valence electrons. The van der Waals surface area contributed by atoms with E-state index in [4.69, 9.17) is 4.74 Å². The summed E-state index contributed by atoms with van der Waals surface area (Å²) in [5, 5.41) is 12.1. The van der Waals surface area contributed by atoms with E-state index in [1.807, 2.05) is 6.92 Å². The SMILES string of the molecule is CC1(C(=O)Nc2ccc(C(C)(C)C(=O)O)cc2)CCCOC1. The Morgan fingerprint density at radius 3 is 2.41 bits per heavy atom. The number of carboxylic acid groups (broad SMARTS) is 1. The number of carbonyl (C=O) groups is 2. The highest BCUT2D eigenvalue weighted by molar-refractivity contribution is 5.95. The monoisotopic (exact) mass is 305 g/mol. The maximum absolute atomic E-state index is 12.4. The molecule has 0 aromatic heterocycles. The molecule has 1 saturated heterocycles. The smallest absolute Gasteiger partial charge is 0.313 e. The number of hydrogen-bond donors (Lipinski definition) is 2. The first-order chi connectivity index (χ1) is 10.3. The second kappa shape index (κ2) is 6.08. The molecule has 0 bridgehead atoms. The van der Waals surface area contributed by atoms with Gasteiger partial charge >= 0.3 is 5.97 Å². The van der Waals surface area contributed by atoms with Crippen molar-refractivity contribution in [2.24, 2.45) is 5.41 Å². The van der Waals surface area contributed by atoms with Crippen molar-refractivity contribution in [3.05, 3.63) is 29.8 Å². The van der Waals surface area contributed by atoms with Crippen molar-refractivity contribution in [1.82, 2.24) is 0 Å². The maximum atomic E-state index is 12.4. The first-order valence-corrected chi connectivity index (χ1v) is 7.49. The minimum atomic E-state index is -0.953. The lowest BCUT2D eigenvalue weighted by molar-refractivity contribution is -0.142. The first-order valence-electron chi connectivity index (χ1n) is 7.49. The number of benzene rings is 1. The van der Waals surface area contributed by atoms with Crippen LogP contribution in [0.1, 0.15) is 39.2 Å². The van der Waals surface area contributed by atoms with Gasteiger partial charge in [0.1, 0.15) is 0 Å². The number of aliphatic carboxylic acids is 1. The Hall–Kier alpha value is -1.88. The van der Waals surface area contributed by atoms with E-state index in [0.717, 1.165) is 12.8 Å². The van der Waals surface area contributed by atoms with Crippen LogP contribution >= 0.6 is 0 Å². The molecule has 1 unspecified atom stereocenters. The normalized spacial score (nSPS) is 22.1. The number of rotatable bonds is 4. The second-order valence-corrected chi connectivity index (χ2v) is 6.68. The fraction of sp³-hybridized carbons (Fsp3) is 0.529. The molecule has 2 rings (SSSR count). The lowest BCUT2D eigenvalue weighted by Gasteiger charge is -2.31. The van der Waals surface area contributed by atoms with Crippen LogP contribution in [0.25, 0.3) is 0 Å². The van der Waals surface area contributed by atoms with Gasteiger partial charge in [-0.15, -0.1) is 0 Å². The Bertz CT molecular complexity index is 557. The molecule has 0 spiro atoms. The van der Waals surface area contributed by atoms with Crippen molar-refractivity contribution in [2.45, 2.75) is 39.0 Å². The van der Waals surface area contributed by atoms with E-state index in [2.05, 4.69) is 5.32 Å². The maximum Gasteiger partial charge on any atom is 0.313 e. The van der Waals surface area contributed by atoms with Gasteiger partial charge in [-0.1, -0.05) is 12.1 Å². The van der Waals surface area contributed by atoms with E-state index in [1.165, 1.54) is 0 Å². The van der Waals surface area contributed by atoms with Crippen LogP contribution in [0.15, 0.2) is 24.3 Å². The summed E-state index contributed by atoms with van der Waals surface area (Å²) in [6.45, 7) is 6.36. The minimum absolute atomic E-state index is 0.0579.